The summed E-state index contributed by atoms with van der Waals surface area (Å²) in [6.45, 7) is 3.18. The van der Waals surface area contributed by atoms with Crippen LogP contribution in [0.15, 0.2) is 54.6 Å². The molecule has 0 saturated carbocycles. The van der Waals surface area contributed by atoms with E-state index in [-0.39, 0.29) is 30.0 Å². The number of benzene rings is 1. The number of amides is 2. The first-order valence-corrected chi connectivity index (χ1v) is 13.8. The smallest absolute Gasteiger partial charge is 0.415 e. The maximum Gasteiger partial charge on any atom is 0.415 e. The van der Waals surface area contributed by atoms with Crippen molar-refractivity contribution in [3.05, 3.63) is 60.2 Å². The number of carbonyl (C=O) groups excluding carboxylic acids is 2. The van der Waals surface area contributed by atoms with Gasteiger partial charge in [0.15, 0.2) is 11.6 Å². The molecule has 3 aliphatic rings. The van der Waals surface area contributed by atoms with Gasteiger partial charge in [0.05, 0.1) is 12.2 Å². The Balaban J connectivity index is 0.990. The average molecular weight is 575 g/mol. The van der Waals surface area contributed by atoms with Crippen molar-refractivity contribution >= 4 is 29.6 Å². The summed E-state index contributed by atoms with van der Waals surface area (Å²) in [5.41, 5.74) is 2.94. The summed E-state index contributed by atoms with van der Waals surface area (Å²) in [4.78, 5) is 46.0. The van der Waals surface area contributed by atoms with Crippen LogP contribution >= 0.6 is 0 Å². The SMILES string of the molecule is O=C(O)C1Oc2ccc(N3C[C@H](CCNCc4cccc(-c5cccc(OC[C@@H]6CCN6)n5)c4)OC3=O)nc2NC1=O. The van der Waals surface area contributed by atoms with E-state index in [0.29, 0.717) is 38.0 Å². The molecule has 218 valence electrons. The second-order valence-corrected chi connectivity index (χ2v) is 10.2. The van der Waals surface area contributed by atoms with Crippen molar-refractivity contribution in [2.75, 3.05) is 36.5 Å². The molecule has 6 rings (SSSR count). The summed E-state index contributed by atoms with van der Waals surface area (Å²) in [5, 5.41) is 18.2. The highest BCUT2D eigenvalue weighted by Gasteiger charge is 2.37. The number of rotatable bonds is 11. The fourth-order valence-electron chi connectivity index (χ4n) is 4.82. The molecular weight excluding hydrogens is 544 g/mol. The number of nitrogens with one attached hydrogen (secondary N) is 3. The Morgan fingerprint density at radius 2 is 1.98 bits per heavy atom. The lowest BCUT2D eigenvalue weighted by Gasteiger charge is -2.27. The number of pyridine rings is 2. The lowest BCUT2D eigenvalue weighted by molar-refractivity contribution is -0.149. The molecule has 3 aliphatic heterocycles. The van der Waals surface area contributed by atoms with Crippen LogP contribution in [0.25, 0.3) is 11.3 Å². The van der Waals surface area contributed by atoms with Crippen molar-refractivity contribution < 1.29 is 33.7 Å². The number of hydrogen-bond acceptors (Lipinski definition) is 10. The molecule has 0 spiro atoms. The van der Waals surface area contributed by atoms with Crippen LogP contribution in [0.3, 0.4) is 0 Å². The molecule has 0 bridgehead atoms. The van der Waals surface area contributed by atoms with Crippen LogP contribution in [0.1, 0.15) is 18.4 Å². The molecule has 1 aromatic carbocycles. The Labute approximate surface area is 241 Å². The molecule has 13 nitrogen and oxygen atoms in total. The highest BCUT2D eigenvalue weighted by molar-refractivity contribution is 6.09. The second kappa shape index (κ2) is 12.0. The highest BCUT2D eigenvalue weighted by atomic mass is 16.6. The van der Waals surface area contributed by atoms with Crippen molar-refractivity contribution in [2.24, 2.45) is 0 Å². The van der Waals surface area contributed by atoms with Gasteiger partial charge < -0.3 is 35.3 Å². The number of cyclic esters (lactones) is 1. The van der Waals surface area contributed by atoms with Gasteiger partial charge in [0.1, 0.15) is 18.5 Å². The normalized spacial score (nSPS) is 21.0. The van der Waals surface area contributed by atoms with Crippen LogP contribution in [-0.2, 0) is 20.9 Å². The van der Waals surface area contributed by atoms with Crippen molar-refractivity contribution in [2.45, 2.75) is 37.6 Å². The molecule has 2 fully saturated rings. The Morgan fingerprint density at radius 3 is 2.79 bits per heavy atom. The van der Waals surface area contributed by atoms with Crippen molar-refractivity contribution in [1.82, 2.24) is 20.6 Å². The summed E-state index contributed by atoms with van der Waals surface area (Å²) < 4.78 is 16.6. The number of aromatic nitrogens is 2. The predicted molar refractivity (Wildman–Crippen MR) is 150 cm³/mol. The van der Waals surface area contributed by atoms with Crippen LogP contribution in [0, 0.1) is 0 Å². The number of nitrogens with zero attached hydrogens (tertiary/aromatic N) is 3. The Morgan fingerprint density at radius 1 is 1.12 bits per heavy atom. The quantitative estimate of drug-likeness (QED) is 0.196. The zero-order valence-electron chi connectivity index (χ0n) is 22.6. The standard InChI is InChI=1S/C29H30N6O7/c36-27-25(28(37)38)42-22-7-8-23(33-26(22)34-27)35-15-20(41-29(35)39)10-11-30-14-17-3-1-4-18(13-17)21-5-2-6-24(32-21)40-16-19-9-12-31-19/h1-8,13,19-20,25,30-31H,9-12,14-16H2,(H,37,38)(H,33,34,36)/t19-,20-,25?/m0/s1. The Hall–Kier alpha value is -4.75. The molecule has 3 atom stereocenters. The zero-order valence-corrected chi connectivity index (χ0v) is 22.6. The van der Waals surface area contributed by atoms with E-state index in [2.05, 4.69) is 32.0 Å². The molecule has 13 heteroatoms. The summed E-state index contributed by atoms with van der Waals surface area (Å²) in [6, 6.07) is 17.3. The van der Waals surface area contributed by atoms with Gasteiger partial charge in [0.2, 0.25) is 5.88 Å². The van der Waals surface area contributed by atoms with Gasteiger partial charge in [0, 0.05) is 24.2 Å². The highest BCUT2D eigenvalue weighted by Crippen LogP contribution is 2.32. The molecule has 2 saturated heterocycles. The van der Waals surface area contributed by atoms with Gasteiger partial charge in [-0.2, -0.15) is 0 Å². The number of carboxylic acid groups (broad SMARTS) is 1. The predicted octanol–water partition coefficient (Wildman–Crippen LogP) is 2.17. The number of aliphatic carboxylic acids is 1. The average Bonchev–Trinajstić information content (AvgIpc) is 3.34. The van der Waals surface area contributed by atoms with E-state index in [1.54, 1.807) is 0 Å². The van der Waals surface area contributed by atoms with Crippen molar-refractivity contribution in [3.8, 4) is 22.9 Å². The Bertz CT molecular complexity index is 1500. The summed E-state index contributed by atoms with van der Waals surface area (Å²) >= 11 is 0. The van der Waals surface area contributed by atoms with E-state index in [4.69, 9.17) is 19.3 Å². The lowest BCUT2D eigenvalue weighted by atomic mass is 10.1. The molecule has 42 heavy (non-hydrogen) atoms. The molecule has 2 aromatic heterocycles. The fraction of sp³-hybridized carbons (Fsp3) is 0.345. The lowest BCUT2D eigenvalue weighted by Crippen LogP contribution is -2.46. The van der Waals surface area contributed by atoms with Gasteiger partial charge >= 0.3 is 12.1 Å². The topological polar surface area (TPSA) is 164 Å². The van der Waals surface area contributed by atoms with Crippen molar-refractivity contribution in [1.29, 1.82) is 0 Å². The van der Waals surface area contributed by atoms with Crippen LogP contribution in [0.4, 0.5) is 16.4 Å². The Kier molecular flexibility index (Phi) is 7.84. The minimum Gasteiger partial charge on any atom is -0.478 e. The first kappa shape index (κ1) is 27.4. The molecule has 0 radical (unpaired) electrons. The van der Waals surface area contributed by atoms with E-state index >= 15 is 0 Å². The van der Waals surface area contributed by atoms with E-state index in [0.717, 1.165) is 29.8 Å². The number of ether oxygens (including phenoxy) is 3. The minimum absolute atomic E-state index is 0.0514. The number of fused-ring (bicyclic) bond motifs is 1. The third kappa shape index (κ3) is 6.11. The number of hydrogen-bond donors (Lipinski definition) is 4. The zero-order chi connectivity index (χ0) is 29.1. The van der Waals surface area contributed by atoms with Crippen LogP contribution < -0.4 is 30.3 Å². The number of anilines is 2. The van der Waals surface area contributed by atoms with E-state index in [1.165, 1.54) is 17.0 Å². The maximum atomic E-state index is 12.5. The monoisotopic (exact) mass is 574 g/mol. The minimum atomic E-state index is -1.65. The summed E-state index contributed by atoms with van der Waals surface area (Å²) in [7, 11) is 0. The molecule has 0 aliphatic carbocycles. The van der Waals surface area contributed by atoms with Gasteiger partial charge in [-0.15, -0.1) is 0 Å². The van der Waals surface area contributed by atoms with Crippen LogP contribution in [0.2, 0.25) is 0 Å². The summed E-state index contributed by atoms with van der Waals surface area (Å²) in [6.07, 6.45) is -0.837. The number of carbonyl (C=O) groups is 3. The molecule has 1 unspecified atom stereocenters. The summed E-state index contributed by atoms with van der Waals surface area (Å²) in [5.74, 6) is -1.20. The van der Waals surface area contributed by atoms with Crippen molar-refractivity contribution in [3.63, 3.8) is 0 Å². The molecule has 5 heterocycles. The largest absolute Gasteiger partial charge is 0.478 e. The van der Waals surface area contributed by atoms with Crippen LogP contribution in [0.5, 0.6) is 11.6 Å². The van der Waals surface area contributed by atoms with Gasteiger partial charge in [-0.05, 0) is 55.8 Å². The molecule has 2 amide bonds. The maximum absolute atomic E-state index is 12.5. The van der Waals surface area contributed by atoms with Crippen LogP contribution in [-0.4, -0.2) is 77.5 Å². The van der Waals surface area contributed by atoms with Gasteiger partial charge in [-0.1, -0.05) is 24.3 Å². The first-order valence-electron chi connectivity index (χ1n) is 13.8. The second-order valence-electron chi connectivity index (χ2n) is 10.2. The third-order valence-corrected chi connectivity index (χ3v) is 7.22. The number of carboxylic acids is 1. The van der Waals surface area contributed by atoms with E-state index in [9.17, 15) is 14.4 Å². The van der Waals surface area contributed by atoms with Gasteiger partial charge in [-0.3, -0.25) is 9.69 Å². The van der Waals surface area contributed by atoms with E-state index in [1.807, 2.05) is 36.4 Å². The van der Waals surface area contributed by atoms with E-state index < -0.39 is 24.1 Å². The van der Waals surface area contributed by atoms with Gasteiger partial charge in [-0.25, -0.2) is 19.6 Å². The first-order chi connectivity index (χ1) is 20.4. The molecule has 3 aromatic rings. The third-order valence-electron chi connectivity index (χ3n) is 7.22. The molecule has 4 N–H and O–H groups in total. The molecular formula is C29H30N6O7. The van der Waals surface area contributed by atoms with Gasteiger partial charge in [0.25, 0.3) is 12.0 Å². The fourth-order valence-corrected chi connectivity index (χ4v) is 4.82.